The van der Waals surface area contributed by atoms with Gasteiger partial charge in [0.1, 0.15) is 5.75 Å². The lowest BCUT2D eigenvalue weighted by Gasteiger charge is -2.08. The monoisotopic (exact) mass is 375 g/mol. The lowest BCUT2D eigenvalue weighted by Crippen LogP contribution is -1.98. The predicted octanol–water partition coefficient (Wildman–Crippen LogP) is 4.89. The first kappa shape index (κ1) is 12.9. The summed E-state index contributed by atoms with van der Waals surface area (Å²) in [6, 6.07) is 8.06. The molecule has 0 aliphatic carbocycles. The van der Waals surface area contributed by atoms with Crippen LogP contribution in [0.15, 0.2) is 37.9 Å². The third-order valence-electron chi connectivity index (χ3n) is 2.23. The van der Waals surface area contributed by atoms with Crippen molar-refractivity contribution in [1.29, 1.82) is 0 Å². The molecule has 0 amide bonds. The van der Waals surface area contributed by atoms with Crippen LogP contribution in [0.1, 0.15) is 5.56 Å². The molecule has 0 spiro atoms. The molecule has 0 bridgehead atoms. The Morgan fingerprint density at radius 1 is 1.24 bits per heavy atom. The van der Waals surface area contributed by atoms with Crippen LogP contribution in [0.4, 0.5) is 5.69 Å². The molecule has 1 aromatic carbocycles. The van der Waals surface area contributed by atoms with Crippen molar-refractivity contribution < 1.29 is 4.74 Å². The Morgan fingerprint density at radius 2 is 2.06 bits per heavy atom. The number of methoxy groups -OCH3 is 1. The zero-order valence-electron chi connectivity index (χ0n) is 9.17. The van der Waals surface area contributed by atoms with E-state index in [2.05, 4.69) is 48.6 Å². The molecule has 0 saturated heterocycles. The van der Waals surface area contributed by atoms with Crippen LogP contribution < -0.4 is 10.1 Å². The minimum Gasteiger partial charge on any atom is -0.497 e. The Morgan fingerprint density at radius 3 is 2.71 bits per heavy atom. The number of hydrogen-bond donors (Lipinski definition) is 1. The Balaban J connectivity index is 2.05. The predicted molar refractivity (Wildman–Crippen MR) is 80.0 cm³/mol. The lowest BCUT2D eigenvalue weighted by molar-refractivity contribution is 0.414. The van der Waals surface area contributed by atoms with Crippen LogP contribution in [0.3, 0.4) is 0 Å². The maximum absolute atomic E-state index is 5.22. The van der Waals surface area contributed by atoms with Gasteiger partial charge in [-0.05, 0) is 45.1 Å². The number of ether oxygens (including phenoxy) is 1. The number of benzene rings is 1. The van der Waals surface area contributed by atoms with Crippen molar-refractivity contribution in [3.63, 3.8) is 0 Å². The standard InChI is InChI=1S/C12H11Br2NOS/c1-16-11-4-9(13)3-10(5-11)15-6-8-2-12(14)17-7-8/h2-5,7,15H,6H2,1H3. The molecule has 2 aromatic rings. The second-order valence-corrected chi connectivity index (χ2v) is 6.70. The van der Waals surface area contributed by atoms with Gasteiger partial charge in [0.05, 0.1) is 10.9 Å². The van der Waals surface area contributed by atoms with Gasteiger partial charge in [-0.2, -0.15) is 0 Å². The fourth-order valence-corrected chi connectivity index (χ4v) is 3.11. The van der Waals surface area contributed by atoms with Gasteiger partial charge in [-0.1, -0.05) is 15.9 Å². The number of rotatable bonds is 4. The highest BCUT2D eigenvalue weighted by Gasteiger charge is 2.01. The van der Waals surface area contributed by atoms with E-state index in [9.17, 15) is 0 Å². The van der Waals surface area contributed by atoms with Crippen LogP contribution in [-0.4, -0.2) is 7.11 Å². The van der Waals surface area contributed by atoms with E-state index in [1.54, 1.807) is 18.4 Å². The Kier molecular flexibility index (Phi) is 4.48. The lowest BCUT2D eigenvalue weighted by atomic mass is 10.3. The Bertz CT molecular complexity index is 513. The summed E-state index contributed by atoms with van der Waals surface area (Å²) in [6.45, 7) is 0.807. The van der Waals surface area contributed by atoms with Gasteiger partial charge < -0.3 is 10.1 Å². The van der Waals surface area contributed by atoms with E-state index in [1.807, 2.05) is 18.2 Å². The maximum atomic E-state index is 5.22. The first-order valence-corrected chi connectivity index (χ1v) is 7.45. The van der Waals surface area contributed by atoms with Crippen LogP contribution in [-0.2, 0) is 6.54 Å². The zero-order valence-corrected chi connectivity index (χ0v) is 13.2. The van der Waals surface area contributed by atoms with Gasteiger partial charge in [-0.3, -0.25) is 0 Å². The van der Waals surface area contributed by atoms with Gasteiger partial charge >= 0.3 is 0 Å². The molecule has 0 radical (unpaired) electrons. The van der Waals surface area contributed by atoms with E-state index in [0.717, 1.165) is 26.2 Å². The molecule has 2 rings (SSSR count). The van der Waals surface area contributed by atoms with Gasteiger partial charge in [-0.15, -0.1) is 11.3 Å². The van der Waals surface area contributed by atoms with E-state index in [1.165, 1.54) is 5.56 Å². The Labute approximate surface area is 121 Å². The van der Waals surface area contributed by atoms with E-state index >= 15 is 0 Å². The second-order valence-electron chi connectivity index (χ2n) is 3.49. The van der Waals surface area contributed by atoms with Crippen LogP contribution in [0.5, 0.6) is 5.75 Å². The van der Waals surface area contributed by atoms with Crippen molar-refractivity contribution >= 4 is 48.9 Å². The molecule has 1 N–H and O–H groups in total. The molecule has 0 atom stereocenters. The molecule has 1 aromatic heterocycles. The molecule has 0 unspecified atom stereocenters. The number of halogens is 2. The summed E-state index contributed by atoms with van der Waals surface area (Å²) in [5, 5.41) is 5.50. The summed E-state index contributed by atoms with van der Waals surface area (Å²) in [5.74, 6) is 0.841. The third kappa shape index (κ3) is 3.72. The van der Waals surface area contributed by atoms with E-state index < -0.39 is 0 Å². The van der Waals surface area contributed by atoms with E-state index in [-0.39, 0.29) is 0 Å². The summed E-state index contributed by atoms with van der Waals surface area (Å²) in [4.78, 5) is 0. The fourth-order valence-electron chi connectivity index (χ4n) is 1.43. The topological polar surface area (TPSA) is 21.3 Å². The molecule has 0 saturated carbocycles. The van der Waals surface area contributed by atoms with Crippen LogP contribution in [0, 0.1) is 0 Å². The third-order valence-corrected chi connectivity index (χ3v) is 4.24. The summed E-state index contributed by atoms with van der Waals surface area (Å²) >= 11 is 8.61. The molecule has 5 heteroatoms. The average molecular weight is 377 g/mol. The number of hydrogen-bond acceptors (Lipinski definition) is 3. The van der Waals surface area contributed by atoms with Crippen LogP contribution in [0.2, 0.25) is 0 Å². The van der Waals surface area contributed by atoms with E-state index in [4.69, 9.17) is 4.74 Å². The van der Waals surface area contributed by atoms with Crippen molar-refractivity contribution in [3.8, 4) is 5.75 Å². The fraction of sp³-hybridized carbons (Fsp3) is 0.167. The molecule has 17 heavy (non-hydrogen) atoms. The first-order chi connectivity index (χ1) is 8.17. The SMILES string of the molecule is COc1cc(Br)cc(NCc2csc(Br)c2)c1. The van der Waals surface area contributed by atoms with Gasteiger partial charge in [0.15, 0.2) is 0 Å². The summed E-state index contributed by atoms with van der Waals surface area (Å²) < 4.78 is 7.38. The smallest absolute Gasteiger partial charge is 0.122 e. The van der Waals surface area contributed by atoms with Crippen LogP contribution >= 0.6 is 43.2 Å². The maximum Gasteiger partial charge on any atom is 0.122 e. The first-order valence-electron chi connectivity index (χ1n) is 4.99. The van der Waals surface area contributed by atoms with Gasteiger partial charge in [0, 0.05) is 22.8 Å². The van der Waals surface area contributed by atoms with Crippen molar-refractivity contribution in [2.45, 2.75) is 6.54 Å². The van der Waals surface area contributed by atoms with Crippen molar-refractivity contribution in [2.24, 2.45) is 0 Å². The van der Waals surface area contributed by atoms with Crippen molar-refractivity contribution in [3.05, 3.63) is 43.5 Å². The number of nitrogens with one attached hydrogen (secondary N) is 1. The van der Waals surface area contributed by atoms with Gasteiger partial charge in [0.2, 0.25) is 0 Å². The summed E-state index contributed by atoms with van der Waals surface area (Å²) in [5.41, 5.74) is 2.30. The molecular weight excluding hydrogens is 366 g/mol. The number of anilines is 1. The normalized spacial score (nSPS) is 10.3. The molecule has 90 valence electrons. The minimum absolute atomic E-state index is 0.807. The highest BCUT2D eigenvalue weighted by Crippen LogP contribution is 2.26. The van der Waals surface area contributed by atoms with Crippen LogP contribution in [0.25, 0.3) is 0 Å². The quantitative estimate of drug-likeness (QED) is 0.819. The molecular formula is C12H11Br2NOS. The largest absolute Gasteiger partial charge is 0.497 e. The molecule has 0 aliphatic rings. The zero-order chi connectivity index (χ0) is 12.3. The Hall–Kier alpha value is -0.520. The number of thiophene rings is 1. The average Bonchev–Trinajstić information content (AvgIpc) is 2.72. The minimum atomic E-state index is 0.807. The molecule has 1 heterocycles. The van der Waals surface area contributed by atoms with Gasteiger partial charge in [-0.25, -0.2) is 0 Å². The van der Waals surface area contributed by atoms with Gasteiger partial charge in [0.25, 0.3) is 0 Å². The summed E-state index contributed by atoms with van der Waals surface area (Å²) in [6.07, 6.45) is 0. The second kappa shape index (κ2) is 5.89. The van der Waals surface area contributed by atoms with Crippen molar-refractivity contribution in [1.82, 2.24) is 0 Å². The molecule has 0 aliphatic heterocycles. The molecule has 0 fully saturated rings. The van der Waals surface area contributed by atoms with Crippen molar-refractivity contribution in [2.75, 3.05) is 12.4 Å². The van der Waals surface area contributed by atoms with E-state index in [0.29, 0.717) is 0 Å². The summed E-state index contributed by atoms with van der Waals surface area (Å²) in [7, 11) is 1.67. The molecule has 2 nitrogen and oxygen atoms in total. The highest BCUT2D eigenvalue weighted by molar-refractivity contribution is 9.11. The highest BCUT2D eigenvalue weighted by atomic mass is 79.9.